The molecule has 0 bridgehead atoms. The second-order valence-electron chi connectivity index (χ2n) is 8.08. The molecule has 11 heteroatoms. The van der Waals surface area contributed by atoms with Crippen LogP contribution in [-0.2, 0) is 21.3 Å². The summed E-state index contributed by atoms with van der Waals surface area (Å²) in [5, 5.41) is 0. The average molecular weight is 459 g/mol. The molecule has 0 amide bonds. The summed E-state index contributed by atoms with van der Waals surface area (Å²) in [5.74, 6) is 2.17. The number of hydrogen-bond donors (Lipinski definition) is 0. The van der Waals surface area contributed by atoms with Gasteiger partial charge in [0.05, 0.1) is 26.0 Å². The van der Waals surface area contributed by atoms with Crippen molar-refractivity contribution in [3.63, 3.8) is 0 Å². The molecule has 0 atom stereocenters. The van der Waals surface area contributed by atoms with Crippen molar-refractivity contribution in [1.29, 1.82) is 0 Å². The van der Waals surface area contributed by atoms with Crippen molar-refractivity contribution in [2.75, 3.05) is 63.6 Å². The van der Waals surface area contributed by atoms with Crippen LogP contribution in [0.1, 0.15) is 5.76 Å². The number of nitrogens with zero attached hydrogens (tertiary/aromatic N) is 6. The zero-order valence-corrected chi connectivity index (χ0v) is 18.8. The Balaban J connectivity index is 1.44. The maximum absolute atomic E-state index is 11.8. The summed E-state index contributed by atoms with van der Waals surface area (Å²) in [5.41, 5.74) is 2.28. The van der Waals surface area contributed by atoms with Gasteiger partial charge in [-0.1, -0.05) is 0 Å². The number of pyridine rings is 1. The third-order valence-corrected chi connectivity index (χ3v) is 7.12. The van der Waals surface area contributed by atoms with Crippen LogP contribution < -0.4 is 4.90 Å². The molecule has 0 aliphatic carbocycles. The van der Waals surface area contributed by atoms with Crippen LogP contribution in [0, 0.1) is 0 Å². The van der Waals surface area contributed by atoms with E-state index in [-0.39, 0.29) is 0 Å². The van der Waals surface area contributed by atoms with Crippen molar-refractivity contribution in [2.24, 2.45) is 0 Å². The Morgan fingerprint density at radius 1 is 1.06 bits per heavy atom. The van der Waals surface area contributed by atoms with E-state index in [4.69, 9.17) is 19.1 Å². The van der Waals surface area contributed by atoms with Gasteiger partial charge >= 0.3 is 0 Å². The number of furan rings is 1. The number of ether oxygens (including phenoxy) is 1. The van der Waals surface area contributed by atoms with Crippen molar-refractivity contribution in [3.8, 4) is 11.4 Å². The first-order valence-corrected chi connectivity index (χ1v) is 12.5. The van der Waals surface area contributed by atoms with Gasteiger partial charge in [0, 0.05) is 63.3 Å². The topological polar surface area (TPSA) is 105 Å². The molecule has 5 heterocycles. The molecule has 2 saturated heterocycles. The van der Waals surface area contributed by atoms with E-state index < -0.39 is 10.0 Å². The van der Waals surface area contributed by atoms with E-state index in [1.807, 2.05) is 18.2 Å². The minimum Gasteiger partial charge on any atom is -0.454 e. The first kappa shape index (κ1) is 21.3. The highest BCUT2D eigenvalue weighted by molar-refractivity contribution is 7.88. The molecule has 2 aliphatic heterocycles. The van der Waals surface area contributed by atoms with Gasteiger partial charge in [0.2, 0.25) is 10.0 Å². The first-order chi connectivity index (χ1) is 15.5. The Labute approximate surface area is 186 Å². The smallest absolute Gasteiger partial charge is 0.211 e. The van der Waals surface area contributed by atoms with Crippen LogP contribution in [-0.4, -0.2) is 91.3 Å². The number of fused-ring (bicyclic) bond motifs is 1. The van der Waals surface area contributed by atoms with Gasteiger partial charge in [-0.25, -0.2) is 18.4 Å². The van der Waals surface area contributed by atoms with Crippen molar-refractivity contribution in [2.45, 2.75) is 6.54 Å². The molecular formula is C21H26N6O4S. The summed E-state index contributed by atoms with van der Waals surface area (Å²) >= 11 is 0. The molecule has 2 aliphatic rings. The van der Waals surface area contributed by atoms with Crippen LogP contribution in [0.2, 0.25) is 0 Å². The minimum absolute atomic E-state index is 0.489. The predicted molar refractivity (Wildman–Crippen MR) is 120 cm³/mol. The van der Waals surface area contributed by atoms with Gasteiger partial charge in [-0.15, -0.1) is 0 Å². The van der Waals surface area contributed by atoms with E-state index >= 15 is 0 Å². The molecule has 0 spiro atoms. The fourth-order valence-corrected chi connectivity index (χ4v) is 4.92. The quantitative estimate of drug-likeness (QED) is 0.558. The number of anilines is 1. The molecule has 0 unspecified atom stereocenters. The lowest BCUT2D eigenvalue weighted by Gasteiger charge is -2.32. The minimum atomic E-state index is -3.15. The zero-order valence-electron chi connectivity index (χ0n) is 18.0. The van der Waals surface area contributed by atoms with Crippen LogP contribution >= 0.6 is 0 Å². The fourth-order valence-electron chi connectivity index (χ4n) is 4.10. The zero-order chi connectivity index (χ0) is 22.1. The molecule has 3 aromatic rings. The average Bonchev–Trinajstić information content (AvgIpc) is 3.21. The number of aromatic nitrogens is 3. The second-order valence-corrected chi connectivity index (χ2v) is 10.1. The first-order valence-electron chi connectivity index (χ1n) is 10.7. The second kappa shape index (κ2) is 8.74. The molecule has 0 N–H and O–H groups in total. The van der Waals surface area contributed by atoms with Crippen LogP contribution in [0.15, 0.2) is 35.0 Å². The Morgan fingerprint density at radius 3 is 2.53 bits per heavy atom. The van der Waals surface area contributed by atoms with Crippen molar-refractivity contribution in [1.82, 2.24) is 24.2 Å². The highest BCUT2D eigenvalue weighted by atomic mass is 32.2. The Bertz CT molecular complexity index is 1190. The third-order valence-electron chi connectivity index (χ3n) is 5.81. The molecule has 32 heavy (non-hydrogen) atoms. The monoisotopic (exact) mass is 458 g/mol. The van der Waals surface area contributed by atoms with Crippen molar-refractivity contribution >= 4 is 26.9 Å². The molecule has 5 rings (SSSR count). The summed E-state index contributed by atoms with van der Waals surface area (Å²) in [6.45, 7) is 5.66. The third kappa shape index (κ3) is 4.46. The standard InChI is InChI=1S/C21H26N6O4S/c1-32(28,29)27-7-5-25(6-8-27)15-17-13-18-19(31-17)21(26-9-11-30-12-10-26)24-20(23-18)16-3-2-4-22-14-16/h2-4,13-14H,5-12,15H2,1H3. The number of morpholine rings is 1. The highest BCUT2D eigenvalue weighted by Crippen LogP contribution is 2.31. The number of sulfonamides is 1. The summed E-state index contributed by atoms with van der Waals surface area (Å²) in [6, 6.07) is 5.78. The van der Waals surface area contributed by atoms with E-state index in [1.54, 1.807) is 12.4 Å². The van der Waals surface area contributed by atoms with Gasteiger partial charge in [-0.3, -0.25) is 9.88 Å². The van der Waals surface area contributed by atoms with Gasteiger partial charge in [0.15, 0.2) is 17.2 Å². The lowest BCUT2D eigenvalue weighted by atomic mass is 10.2. The van der Waals surface area contributed by atoms with Crippen LogP contribution in [0.3, 0.4) is 0 Å². The number of piperazine rings is 1. The van der Waals surface area contributed by atoms with Gasteiger partial charge < -0.3 is 14.1 Å². The van der Waals surface area contributed by atoms with Crippen LogP contribution in [0.5, 0.6) is 0 Å². The molecule has 10 nitrogen and oxygen atoms in total. The van der Waals surface area contributed by atoms with Crippen LogP contribution in [0.4, 0.5) is 5.82 Å². The summed E-state index contributed by atoms with van der Waals surface area (Å²) in [4.78, 5) is 18.1. The summed E-state index contributed by atoms with van der Waals surface area (Å²) < 4.78 is 36.8. The molecule has 0 radical (unpaired) electrons. The molecule has 170 valence electrons. The molecule has 0 aromatic carbocycles. The van der Waals surface area contributed by atoms with Gasteiger partial charge in [-0.05, 0) is 12.1 Å². The Kier molecular flexibility index (Phi) is 5.80. The fraction of sp³-hybridized carbons (Fsp3) is 0.476. The maximum atomic E-state index is 11.8. The van der Waals surface area contributed by atoms with Gasteiger partial charge in [-0.2, -0.15) is 4.31 Å². The molecular weight excluding hydrogens is 432 g/mol. The van der Waals surface area contributed by atoms with Crippen molar-refractivity contribution in [3.05, 3.63) is 36.4 Å². The molecule has 2 fully saturated rings. The summed E-state index contributed by atoms with van der Waals surface area (Å²) in [7, 11) is -3.15. The Hall–Kier alpha value is -2.60. The SMILES string of the molecule is CS(=O)(=O)N1CCN(Cc2cc3nc(-c4cccnc4)nc(N4CCOCC4)c3o2)CC1. The van der Waals surface area contributed by atoms with E-state index in [0.29, 0.717) is 57.3 Å². The number of hydrogen-bond acceptors (Lipinski definition) is 9. The lowest BCUT2D eigenvalue weighted by molar-refractivity contribution is 0.122. The lowest BCUT2D eigenvalue weighted by Crippen LogP contribution is -2.47. The highest BCUT2D eigenvalue weighted by Gasteiger charge is 2.25. The Morgan fingerprint density at radius 2 is 1.84 bits per heavy atom. The maximum Gasteiger partial charge on any atom is 0.211 e. The largest absolute Gasteiger partial charge is 0.454 e. The summed E-state index contributed by atoms with van der Waals surface area (Å²) in [6.07, 6.45) is 4.74. The van der Waals surface area contributed by atoms with E-state index in [2.05, 4.69) is 14.8 Å². The number of rotatable bonds is 5. The predicted octanol–water partition coefficient (Wildman–Crippen LogP) is 1.20. The molecule has 0 saturated carbocycles. The van der Waals surface area contributed by atoms with E-state index in [1.165, 1.54) is 10.6 Å². The van der Waals surface area contributed by atoms with E-state index in [9.17, 15) is 8.42 Å². The van der Waals surface area contributed by atoms with Crippen molar-refractivity contribution < 1.29 is 17.6 Å². The molecule has 3 aromatic heterocycles. The normalized spacial score (nSPS) is 19.0. The van der Waals surface area contributed by atoms with Gasteiger partial charge in [0.25, 0.3) is 0 Å². The van der Waals surface area contributed by atoms with E-state index in [0.717, 1.165) is 35.7 Å². The van der Waals surface area contributed by atoms with Gasteiger partial charge in [0.1, 0.15) is 11.3 Å². The van der Waals surface area contributed by atoms with Crippen LogP contribution in [0.25, 0.3) is 22.5 Å².